The summed E-state index contributed by atoms with van der Waals surface area (Å²) < 4.78 is 11.0. The van der Waals surface area contributed by atoms with Crippen LogP contribution in [0.4, 0.5) is 23.1 Å². The Balaban J connectivity index is 1.61. The molecule has 0 aliphatic carbocycles. The minimum atomic E-state index is 0.325. The summed E-state index contributed by atoms with van der Waals surface area (Å²) in [6, 6.07) is 5.90. The van der Waals surface area contributed by atoms with Crippen molar-refractivity contribution in [3.63, 3.8) is 0 Å². The summed E-state index contributed by atoms with van der Waals surface area (Å²) in [7, 11) is 1.66. The first-order valence-electron chi connectivity index (χ1n) is 7.99. The lowest BCUT2D eigenvalue weighted by molar-refractivity contribution is 0.122. The van der Waals surface area contributed by atoms with Gasteiger partial charge in [-0.3, -0.25) is 0 Å². The van der Waals surface area contributed by atoms with Crippen LogP contribution in [0.15, 0.2) is 24.5 Å². The van der Waals surface area contributed by atoms with Gasteiger partial charge in [-0.2, -0.15) is 9.97 Å². The molecule has 1 fully saturated rings. The first kappa shape index (κ1) is 15.5. The second-order valence-corrected chi connectivity index (χ2v) is 5.64. The van der Waals surface area contributed by atoms with Gasteiger partial charge >= 0.3 is 0 Å². The van der Waals surface area contributed by atoms with E-state index in [1.54, 1.807) is 13.4 Å². The van der Waals surface area contributed by atoms with Gasteiger partial charge in [-0.25, -0.2) is 4.98 Å². The van der Waals surface area contributed by atoms with E-state index in [0.29, 0.717) is 22.9 Å². The number of nitrogens with zero attached hydrogens (tertiary/aromatic N) is 4. The van der Waals surface area contributed by atoms with Crippen molar-refractivity contribution in [2.24, 2.45) is 0 Å². The average Bonchev–Trinajstić information content (AvgIpc) is 3.11. The van der Waals surface area contributed by atoms with Gasteiger partial charge in [0.1, 0.15) is 11.3 Å². The van der Waals surface area contributed by atoms with Gasteiger partial charge in [0.25, 0.3) is 0 Å². The standard InChI is InChI=1S/C16H19N7O2/c1-24-12-8-10(2-3-11(12)23-4-6-25-7-5-23)20-16-21-14(17)13-15(22-16)19-9-18-13/h2-3,8-9H,4-7H2,1H3,(H4,17,18,19,20,21,22). The molecule has 1 aliphatic heterocycles. The van der Waals surface area contributed by atoms with Gasteiger partial charge in [0.15, 0.2) is 11.5 Å². The fourth-order valence-electron chi connectivity index (χ4n) is 2.86. The topological polar surface area (TPSA) is 114 Å². The number of fused-ring (bicyclic) bond motifs is 1. The summed E-state index contributed by atoms with van der Waals surface area (Å²) in [5, 5.41) is 3.16. The minimum absolute atomic E-state index is 0.325. The van der Waals surface area contributed by atoms with Gasteiger partial charge in [0.05, 0.1) is 32.3 Å². The van der Waals surface area contributed by atoms with Crippen molar-refractivity contribution in [2.75, 3.05) is 49.4 Å². The summed E-state index contributed by atoms with van der Waals surface area (Å²) in [6.45, 7) is 3.14. The molecule has 0 unspecified atom stereocenters. The fraction of sp³-hybridized carbons (Fsp3) is 0.312. The van der Waals surface area contributed by atoms with E-state index in [0.717, 1.165) is 43.4 Å². The molecule has 4 rings (SSSR count). The molecule has 1 aliphatic rings. The van der Waals surface area contributed by atoms with E-state index >= 15 is 0 Å². The number of nitrogen functional groups attached to an aromatic ring is 1. The summed E-state index contributed by atoms with van der Waals surface area (Å²) in [5.74, 6) is 1.50. The molecule has 3 aromatic rings. The number of morpholine rings is 1. The summed E-state index contributed by atoms with van der Waals surface area (Å²) in [6.07, 6.45) is 1.54. The Bertz CT molecular complexity index is 889. The smallest absolute Gasteiger partial charge is 0.231 e. The molecule has 9 heteroatoms. The summed E-state index contributed by atoms with van der Waals surface area (Å²) >= 11 is 0. The van der Waals surface area contributed by atoms with Gasteiger partial charge in [-0.15, -0.1) is 0 Å². The number of ether oxygens (including phenoxy) is 2. The van der Waals surface area contributed by atoms with Crippen LogP contribution in [0.5, 0.6) is 5.75 Å². The number of rotatable bonds is 4. The predicted octanol–water partition coefficient (Wildman–Crippen LogP) is 1.52. The van der Waals surface area contributed by atoms with Crippen LogP contribution in [0, 0.1) is 0 Å². The van der Waals surface area contributed by atoms with E-state index in [9.17, 15) is 0 Å². The molecular formula is C16H19N7O2. The van der Waals surface area contributed by atoms with Crippen molar-refractivity contribution >= 4 is 34.3 Å². The van der Waals surface area contributed by atoms with Crippen LogP contribution >= 0.6 is 0 Å². The number of hydrogen-bond acceptors (Lipinski definition) is 8. The molecule has 1 aromatic carbocycles. The molecule has 130 valence electrons. The fourth-order valence-corrected chi connectivity index (χ4v) is 2.86. The Kier molecular flexibility index (Phi) is 3.98. The molecule has 2 aromatic heterocycles. The quantitative estimate of drug-likeness (QED) is 0.654. The number of H-pyrrole nitrogens is 1. The lowest BCUT2D eigenvalue weighted by atomic mass is 10.2. The molecule has 0 amide bonds. The molecule has 0 spiro atoms. The Morgan fingerprint density at radius 2 is 2.12 bits per heavy atom. The first-order chi connectivity index (χ1) is 12.2. The van der Waals surface area contributed by atoms with Gasteiger partial charge in [-0.05, 0) is 12.1 Å². The van der Waals surface area contributed by atoms with E-state index < -0.39 is 0 Å². The molecule has 0 atom stereocenters. The number of nitrogens with one attached hydrogen (secondary N) is 2. The maximum atomic E-state index is 5.92. The summed E-state index contributed by atoms with van der Waals surface area (Å²) in [4.78, 5) is 17.9. The van der Waals surface area contributed by atoms with Crippen LogP contribution in [0.25, 0.3) is 11.2 Å². The highest BCUT2D eigenvalue weighted by Gasteiger charge is 2.16. The maximum absolute atomic E-state index is 5.92. The van der Waals surface area contributed by atoms with Crippen LogP contribution in [0.3, 0.4) is 0 Å². The highest BCUT2D eigenvalue weighted by molar-refractivity contribution is 5.82. The maximum Gasteiger partial charge on any atom is 0.231 e. The number of methoxy groups -OCH3 is 1. The molecule has 0 bridgehead atoms. The van der Waals surface area contributed by atoms with Crippen molar-refractivity contribution in [3.05, 3.63) is 24.5 Å². The molecule has 3 heterocycles. The SMILES string of the molecule is COc1cc(Nc2nc(N)c3nc[nH]c3n2)ccc1N1CCOCC1. The Hall–Kier alpha value is -3.07. The van der Waals surface area contributed by atoms with Gasteiger partial charge < -0.3 is 30.4 Å². The zero-order valence-electron chi connectivity index (χ0n) is 13.8. The third-order valence-corrected chi connectivity index (χ3v) is 4.09. The van der Waals surface area contributed by atoms with Gasteiger partial charge in [-0.1, -0.05) is 0 Å². The van der Waals surface area contributed by atoms with Gasteiger partial charge in [0, 0.05) is 24.8 Å². The molecule has 1 saturated heterocycles. The molecule has 4 N–H and O–H groups in total. The number of benzene rings is 1. The van der Waals surface area contributed by atoms with Crippen molar-refractivity contribution in [3.8, 4) is 5.75 Å². The van der Waals surface area contributed by atoms with Crippen molar-refractivity contribution in [2.45, 2.75) is 0 Å². The third kappa shape index (κ3) is 3.01. The van der Waals surface area contributed by atoms with E-state index in [4.69, 9.17) is 15.2 Å². The second-order valence-electron chi connectivity index (χ2n) is 5.64. The zero-order chi connectivity index (χ0) is 17.2. The number of aromatic amines is 1. The number of anilines is 4. The number of hydrogen-bond donors (Lipinski definition) is 3. The molecule has 0 saturated carbocycles. The monoisotopic (exact) mass is 341 g/mol. The van der Waals surface area contributed by atoms with Gasteiger partial charge in [0.2, 0.25) is 5.95 Å². The van der Waals surface area contributed by atoms with E-state index in [1.165, 1.54) is 0 Å². The second kappa shape index (κ2) is 6.44. The largest absolute Gasteiger partial charge is 0.495 e. The third-order valence-electron chi connectivity index (χ3n) is 4.09. The predicted molar refractivity (Wildman–Crippen MR) is 95.4 cm³/mol. The van der Waals surface area contributed by atoms with Crippen LogP contribution < -0.4 is 20.7 Å². The molecule has 9 nitrogen and oxygen atoms in total. The Morgan fingerprint density at radius 1 is 1.28 bits per heavy atom. The first-order valence-corrected chi connectivity index (χ1v) is 7.99. The lowest BCUT2D eigenvalue weighted by Gasteiger charge is -2.30. The van der Waals surface area contributed by atoms with Crippen molar-refractivity contribution in [1.82, 2.24) is 19.9 Å². The molecule has 25 heavy (non-hydrogen) atoms. The number of aromatic nitrogens is 4. The molecule has 0 radical (unpaired) electrons. The van der Waals surface area contributed by atoms with Crippen molar-refractivity contribution < 1.29 is 9.47 Å². The van der Waals surface area contributed by atoms with Crippen LogP contribution in [-0.2, 0) is 4.74 Å². The Morgan fingerprint density at radius 3 is 2.92 bits per heavy atom. The minimum Gasteiger partial charge on any atom is -0.495 e. The highest BCUT2D eigenvalue weighted by atomic mass is 16.5. The Labute approximate surface area is 144 Å². The molecular weight excluding hydrogens is 322 g/mol. The zero-order valence-corrected chi connectivity index (χ0v) is 13.8. The van der Waals surface area contributed by atoms with Crippen LogP contribution in [0.2, 0.25) is 0 Å². The van der Waals surface area contributed by atoms with E-state index in [1.807, 2.05) is 18.2 Å². The summed E-state index contributed by atoms with van der Waals surface area (Å²) in [5.41, 5.74) is 8.92. The average molecular weight is 341 g/mol. The lowest BCUT2D eigenvalue weighted by Crippen LogP contribution is -2.36. The number of nitrogens with two attached hydrogens (primary N) is 1. The highest BCUT2D eigenvalue weighted by Crippen LogP contribution is 2.32. The number of imidazole rings is 1. The van der Waals surface area contributed by atoms with Crippen molar-refractivity contribution in [1.29, 1.82) is 0 Å². The van der Waals surface area contributed by atoms with E-state index in [2.05, 4.69) is 30.2 Å². The normalized spacial score (nSPS) is 14.7. The van der Waals surface area contributed by atoms with Crippen LogP contribution in [-0.4, -0.2) is 53.3 Å². The van der Waals surface area contributed by atoms with Crippen LogP contribution in [0.1, 0.15) is 0 Å². The van der Waals surface area contributed by atoms with E-state index in [-0.39, 0.29) is 0 Å².